The van der Waals surface area contributed by atoms with E-state index in [1.807, 2.05) is 58.9 Å². The van der Waals surface area contributed by atoms with Gasteiger partial charge in [-0.3, -0.25) is 4.98 Å². The molecule has 2 aliphatic rings. The highest BCUT2D eigenvalue weighted by Crippen LogP contribution is 2.43. The van der Waals surface area contributed by atoms with Gasteiger partial charge in [0.2, 0.25) is 5.79 Å². The van der Waals surface area contributed by atoms with E-state index in [4.69, 9.17) is 18.9 Å². The number of methoxy groups -OCH3 is 1. The Hall–Kier alpha value is -3.00. The summed E-state index contributed by atoms with van der Waals surface area (Å²) in [5, 5.41) is 10.7. The number of fused-ring (bicyclic) bond motifs is 1. The van der Waals surface area contributed by atoms with E-state index < -0.39 is 11.4 Å². The van der Waals surface area contributed by atoms with Crippen molar-refractivity contribution in [3.8, 4) is 5.75 Å². The lowest BCUT2D eigenvalue weighted by molar-refractivity contribution is -0.113. The first kappa shape index (κ1) is 26.1. The van der Waals surface area contributed by atoms with Crippen LogP contribution in [-0.2, 0) is 14.2 Å². The van der Waals surface area contributed by atoms with E-state index in [-0.39, 0.29) is 24.5 Å². The Morgan fingerprint density at radius 1 is 1.25 bits per heavy atom. The first-order chi connectivity index (χ1) is 17.0. The lowest BCUT2D eigenvalue weighted by Gasteiger charge is -2.39. The number of amides is 1. The van der Waals surface area contributed by atoms with Gasteiger partial charge in [0.25, 0.3) is 0 Å². The van der Waals surface area contributed by atoms with E-state index in [9.17, 15) is 9.90 Å². The number of aromatic nitrogens is 1. The summed E-state index contributed by atoms with van der Waals surface area (Å²) in [6, 6.07) is 7.90. The number of hydrogen-bond donors (Lipinski definition) is 1. The quantitative estimate of drug-likeness (QED) is 0.575. The maximum absolute atomic E-state index is 12.7. The Bertz CT molecular complexity index is 1140. The number of hydrogen-bond acceptors (Lipinski definition) is 7. The van der Waals surface area contributed by atoms with Crippen LogP contribution in [0.1, 0.15) is 59.4 Å². The molecule has 1 aromatic heterocycles. The van der Waals surface area contributed by atoms with Gasteiger partial charge in [-0.05, 0) is 57.6 Å². The molecule has 0 spiro atoms. The summed E-state index contributed by atoms with van der Waals surface area (Å²) in [5.41, 5.74) is 1.21. The molecule has 1 N–H and O–H groups in total. The molecule has 2 unspecified atom stereocenters. The number of nitrogens with zero attached hydrogens (tertiary/aromatic N) is 2. The molecular formula is C28H38N2O6. The van der Waals surface area contributed by atoms with Gasteiger partial charge in [-0.2, -0.15) is 0 Å². The van der Waals surface area contributed by atoms with E-state index in [1.54, 1.807) is 18.2 Å². The Morgan fingerprint density at radius 3 is 2.72 bits per heavy atom. The van der Waals surface area contributed by atoms with Crippen LogP contribution in [0.2, 0.25) is 0 Å². The highest BCUT2D eigenvalue weighted by molar-refractivity contribution is 5.91. The molecule has 3 heterocycles. The molecule has 1 aromatic carbocycles. The SMILES string of the molecule is COc1cnc2cccc(C3=C(CC4CCN(C(=O)OC(C)(C)C)CC4CCO)OC(C)(C)O3)c2c1. The fourth-order valence-corrected chi connectivity index (χ4v) is 5.02. The number of carbonyl (C=O) groups is 1. The second-order valence-electron chi connectivity index (χ2n) is 11.1. The predicted molar refractivity (Wildman–Crippen MR) is 137 cm³/mol. The van der Waals surface area contributed by atoms with Crippen LogP contribution in [0.15, 0.2) is 36.2 Å². The van der Waals surface area contributed by atoms with Gasteiger partial charge < -0.3 is 29.0 Å². The lowest BCUT2D eigenvalue weighted by atomic mass is 9.80. The van der Waals surface area contributed by atoms with Crippen molar-refractivity contribution in [2.45, 2.75) is 65.3 Å². The Labute approximate surface area is 213 Å². The zero-order valence-corrected chi connectivity index (χ0v) is 22.2. The molecule has 0 radical (unpaired) electrons. The lowest BCUT2D eigenvalue weighted by Crippen LogP contribution is -2.46. The molecular weight excluding hydrogens is 460 g/mol. The summed E-state index contributed by atoms with van der Waals surface area (Å²) < 4.78 is 23.7. The second-order valence-corrected chi connectivity index (χ2v) is 11.1. The van der Waals surface area contributed by atoms with Crippen LogP contribution in [-0.4, -0.2) is 59.3 Å². The number of rotatable bonds is 6. The average Bonchev–Trinajstić information content (AvgIpc) is 3.12. The highest BCUT2D eigenvalue weighted by Gasteiger charge is 2.39. The summed E-state index contributed by atoms with van der Waals surface area (Å²) in [5.74, 6) is 1.70. The number of aliphatic hydroxyl groups excluding tert-OH is 1. The Kier molecular flexibility index (Phi) is 7.36. The van der Waals surface area contributed by atoms with Gasteiger partial charge in [0.1, 0.15) is 17.1 Å². The number of piperidine rings is 1. The third kappa shape index (κ3) is 5.86. The van der Waals surface area contributed by atoms with Crippen molar-refractivity contribution in [2.24, 2.45) is 11.8 Å². The van der Waals surface area contributed by atoms with Crippen LogP contribution >= 0.6 is 0 Å². The van der Waals surface area contributed by atoms with E-state index in [1.165, 1.54) is 0 Å². The van der Waals surface area contributed by atoms with Gasteiger partial charge >= 0.3 is 6.09 Å². The number of aliphatic hydroxyl groups is 1. The van der Waals surface area contributed by atoms with Crippen LogP contribution in [0.4, 0.5) is 4.79 Å². The van der Waals surface area contributed by atoms with Crippen LogP contribution in [0.3, 0.4) is 0 Å². The summed E-state index contributed by atoms with van der Waals surface area (Å²) in [4.78, 5) is 19.0. The van der Waals surface area contributed by atoms with Crippen LogP contribution in [0.25, 0.3) is 16.7 Å². The van der Waals surface area contributed by atoms with Gasteiger partial charge in [0.05, 0.1) is 18.8 Å². The largest absolute Gasteiger partial charge is 0.495 e. The van der Waals surface area contributed by atoms with Crippen molar-refractivity contribution >= 4 is 22.8 Å². The second kappa shape index (κ2) is 10.2. The van der Waals surface area contributed by atoms with Gasteiger partial charge in [-0.15, -0.1) is 0 Å². The van der Waals surface area contributed by atoms with Crippen LogP contribution < -0.4 is 4.74 Å². The highest BCUT2D eigenvalue weighted by atomic mass is 16.7. The summed E-state index contributed by atoms with van der Waals surface area (Å²) >= 11 is 0. The number of carbonyl (C=O) groups excluding carboxylic acids is 1. The van der Waals surface area contributed by atoms with E-state index >= 15 is 0 Å². The first-order valence-corrected chi connectivity index (χ1v) is 12.6. The van der Waals surface area contributed by atoms with Crippen molar-refractivity contribution < 1.29 is 28.8 Å². The zero-order chi connectivity index (χ0) is 26.1. The fourth-order valence-electron chi connectivity index (χ4n) is 5.02. The molecule has 4 rings (SSSR count). The van der Waals surface area contributed by atoms with Gasteiger partial charge in [0.15, 0.2) is 5.76 Å². The van der Waals surface area contributed by atoms with Gasteiger partial charge in [-0.25, -0.2) is 4.79 Å². The molecule has 2 atom stereocenters. The molecule has 196 valence electrons. The molecule has 0 bridgehead atoms. The number of ether oxygens (including phenoxy) is 4. The fraction of sp³-hybridized carbons (Fsp3) is 0.571. The molecule has 2 aromatic rings. The molecule has 1 saturated heterocycles. The maximum Gasteiger partial charge on any atom is 0.410 e. The number of likely N-dealkylation sites (tertiary alicyclic amines) is 1. The van der Waals surface area contributed by atoms with Crippen molar-refractivity contribution in [3.05, 3.63) is 41.8 Å². The molecule has 8 nitrogen and oxygen atoms in total. The monoisotopic (exact) mass is 498 g/mol. The van der Waals surface area contributed by atoms with Crippen LogP contribution in [0, 0.1) is 11.8 Å². The van der Waals surface area contributed by atoms with E-state index in [2.05, 4.69) is 4.98 Å². The summed E-state index contributed by atoms with van der Waals surface area (Å²) in [6.45, 7) is 10.6. The van der Waals surface area contributed by atoms with Crippen molar-refractivity contribution in [1.82, 2.24) is 9.88 Å². The third-order valence-corrected chi connectivity index (χ3v) is 6.64. The number of allylic oxidation sites excluding steroid dienone is 1. The Morgan fingerprint density at radius 2 is 2.03 bits per heavy atom. The van der Waals surface area contributed by atoms with Crippen molar-refractivity contribution in [2.75, 3.05) is 26.8 Å². The molecule has 36 heavy (non-hydrogen) atoms. The first-order valence-electron chi connectivity index (χ1n) is 12.6. The third-order valence-electron chi connectivity index (χ3n) is 6.64. The minimum atomic E-state index is -0.803. The summed E-state index contributed by atoms with van der Waals surface area (Å²) in [6.07, 6.45) is 3.44. The standard InChI is InChI=1S/C28H38N2O6/c1-27(2,3)36-26(32)30-12-10-18(19(17-30)11-13-31)14-24-25(35-28(4,5)34-24)21-8-7-9-23-22(21)15-20(33-6)16-29-23/h7-9,15-16,18-19,31H,10-14,17H2,1-6H3. The molecule has 0 saturated carbocycles. The summed E-state index contributed by atoms with van der Waals surface area (Å²) in [7, 11) is 1.62. The van der Waals surface area contributed by atoms with Gasteiger partial charge in [0, 0.05) is 50.9 Å². The maximum atomic E-state index is 12.7. The minimum absolute atomic E-state index is 0.0624. The normalized spacial score (nSPS) is 21.8. The molecule has 8 heteroatoms. The predicted octanol–water partition coefficient (Wildman–Crippen LogP) is 5.34. The minimum Gasteiger partial charge on any atom is -0.495 e. The zero-order valence-electron chi connectivity index (χ0n) is 22.2. The average molecular weight is 499 g/mol. The molecule has 2 aliphatic heterocycles. The molecule has 1 amide bonds. The van der Waals surface area contributed by atoms with Crippen molar-refractivity contribution in [3.63, 3.8) is 0 Å². The van der Waals surface area contributed by atoms with Crippen molar-refractivity contribution in [1.29, 1.82) is 0 Å². The Balaban J connectivity index is 1.62. The van der Waals surface area contributed by atoms with Crippen LogP contribution in [0.5, 0.6) is 5.75 Å². The van der Waals surface area contributed by atoms with E-state index in [0.29, 0.717) is 37.4 Å². The smallest absolute Gasteiger partial charge is 0.410 e. The molecule has 0 aliphatic carbocycles. The van der Waals surface area contributed by atoms with Gasteiger partial charge in [-0.1, -0.05) is 12.1 Å². The topological polar surface area (TPSA) is 90.4 Å². The number of pyridine rings is 1. The molecule has 1 fully saturated rings. The number of benzene rings is 1. The van der Waals surface area contributed by atoms with E-state index in [0.717, 1.165) is 28.6 Å².